The maximum atomic E-state index is 13.2. The summed E-state index contributed by atoms with van der Waals surface area (Å²) in [5, 5.41) is 0. The third-order valence-electron chi connectivity index (χ3n) is 2.23. The van der Waals surface area contributed by atoms with Gasteiger partial charge in [-0.15, -0.1) is 0 Å². The summed E-state index contributed by atoms with van der Waals surface area (Å²) in [7, 11) is 0. The monoisotopic (exact) mass is 197 g/mol. The largest absolute Gasteiger partial charge is 0.398 e. The van der Waals surface area contributed by atoms with Crippen LogP contribution in [0.25, 0.3) is 0 Å². The van der Waals surface area contributed by atoms with Crippen molar-refractivity contribution in [2.45, 2.75) is 12.7 Å². The molecule has 0 unspecified atom stereocenters. The fourth-order valence-electron chi connectivity index (χ4n) is 1.24. The molecule has 3 nitrogen and oxygen atoms in total. The van der Waals surface area contributed by atoms with Gasteiger partial charge in [0.05, 0.1) is 19.8 Å². The number of anilines is 1. The van der Waals surface area contributed by atoms with Crippen molar-refractivity contribution in [1.29, 1.82) is 0 Å². The van der Waals surface area contributed by atoms with E-state index in [2.05, 4.69) is 0 Å². The van der Waals surface area contributed by atoms with Crippen molar-refractivity contribution >= 4 is 5.69 Å². The zero-order chi connectivity index (χ0) is 9.97. The molecular weight excluding hydrogens is 185 g/mol. The van der Waals surface area contributed by atoms with Crippen LogP contribution in [0.5, 0.6) is 0 Å². The summed E-state index contributed by atoms with van der Waals surface area (Å²) < 4.78 is 23.5. The first kappa shape index (κ1) is 9.43. The number of hydrogen-bond acceptors (Lipinski definition) is 3. The van der Waals surface area contributed by atoms with E-state index in [9.17, 15) is 4.39 Å². The summed E-state index contributed by atoms with van der Waals surface area (Å²) in [6.45, 7) is 1.40. The highest BCUT2D eigenvalue weighted by Gasteiger charge is 2.19. The van der Waals surface area contributed by atoms with E-state index in [1.165, 1.54) is 6.07 Å². The Morgan fingerprint density at radius 1 is 1.50 bits per heavy atom. The predicted octanol–water partition coefficient (Wildman–Crippen LogP) is 1.32. The van der Waals surface area contributed by atoms with Gasteiger partial charge in [-0.3, -0.25) is 0 Å². The van der Waals surface area contributed by atoms with Gasteiger partial charge in [0.2, 0.25) is 0 Å². The average Bonchev–Trinajstić information content (AvgIpc) is 2.07. The Morgan fingerprint density at radius 3 is 2.86 bits per heavy atom. The molecule has 0 atom stereocenters. The maximum Gasteiger partial charge on any atom is 0.130 e. The Kier molecular flexibility index (Phi) is 2.65. The number of nitrogens with two attached hydrogens (primary N) is 1. The van der Waals surface area contributed by atoms with Gasteiger partial charge in [0.1, 0.15) is 11.9 Å². The molecule has 0 spiro atoms. The average molecular weight is 197 g/mol. The van der Waals surface area contributed by atoms with Crippen LogP contribution < -0.4 is 5.73 Å². The highest BCUT2D eigenvalue weighted by atomic mass is 19.1. The van der Waals surface area contributed by atoms with E-state index in [4.69, 9.17) is 15.2 Å². The summed E-state index contributed by atoms with van der Waals surface area (Å²) in [5.41, 5.74) is 6.48. The summed E-state index contributed by atoms with van der Waals surface area (Å²) in [5.74, 6) is -0.315. The van der Waals surface area contributed by atoms with E-state index in [0.29, 0.717) is 24.5 Å². The number of nitrogen functional groups attached to an aromatic ring is 1. The minimum Gasteiger partial charge on any atom is -0.398 e. The molecule has 4 heteroatoms. The zero-order valence-electron chi connectivity index (χ0n) is 7.70. The van der Waals surface area contributed by atoms with E-state index >= 15 is 0 Å². The van der Waals surface area contributed by atoms with E-state index in [1.54, 1.807) is 12.1 Å². The molecule has 0 aromatic heterocycles. The van der Waals surface area contributed by atoms with Gasteiger partial charge < -0.3 is 15.2 Å². The molecule has 0 saturated carbocycles. The molecule has 14 heavy (non-hydrogen) atoms. The normalized spacial score (nSPS) is 16.6. The van der Waals surface area contributed by atoms with Gasteiger partial charge in [-0.1, -0.05) is 6.07 Å². The molecule has 2 N–H and O–H groups in total. The van der Waals surface area contributed by atoms with E-state index in [-0.39, 0.29) is 18.5 Å². The van der Waals surface area contributed by atoms with Crippen molar-refractivity contribution in [2.75, 3.05) is 18.9 Å². The van der Waals surface area contributed by atoms with Crippen LogP contribution in [-0.4, -0.2) is 19.3 Å². The van der Waals surface area contributed by atoms with Crippen LogP contribution >= 0.6 is 0 Å². The van der Waals surface area contributed by atoms with Gasteiger partial charge >= 0.3 is 0 Å². The van der Waals surface area contributed by atoms with Gasteiger partial charge in [0, 0.05) is 11.3 Å². The molecule has 2 rings (SSSR count). The van der Waals surface area contributed by atoms with Crippen LogP contribution in [0.15, 0.2) is 18.2 Å². The number of rotatable bonds is 3. The van der Waals surface area contributed by atoms with Crippen molar-refractivity contribution in [1.82, 2.24) is 0 Å². The van der Waals surface area contributed by atoms with Crippen LogP contribution in [-0.2, 0) is 16.1 Å². The van der Waals surface area contributed by atoms with Crippen LogP contribution in [0.1, 0.15) is 5.56 Å². The fourth-order valence-corrected chi connectivity index (χ4v) is 1.24. The first-order chi connectivity index (χ1) is 6.77. The maximum absolute atomic E-state index is 13.2. The van der Waals surface area contributed by atoms with Gasteiger partial charge in [0.15, 0.2) is 0 Å². The Labute approximate surface area is 81.6 Å². The molecule has 0 radical (unpaired) electrons. The third kappa shape index (κ3) is 1.86. The molecule has 1 aliphatic heterocycles. The lowest BCUT2D eigenvalue weighted by Gasteiger charge is -2.26. The highest BCUT2D eigenvalue weighted by Crippen LogP contribution is 2.18. The van der Waals surface area contributed by atoms with Crippen molar-refractivity contribution in [3.8, 4) is 0 Å². The smallest absolute Gasteiger partial charge is 0.130 e. The second kappa shape index (κ2) is 3.94. The van der Waals surface area contributed by atoms with Crippen LogP contribution in [0, 0.1) is 5.82 Å². The van der Waals surface area contributed by atoms with E-state index in [0.717, 1.165) is 0 Å². The zero-order valence-corrected chi connectivity index (χ0v) is 7.70. The highest BCUT2D eigenvalue weighted by molar-refractivity contribution is 5.46. The molecule has 1 heterocycles. The number of hydrogen-bond donors (Lipinski definition) is 1. The quantitative estimate of drug-likeness (QED) is 0.743. The minimum atomic E-state index is -0.315. The van der Waals surface area contributed by atoms with Crippen LogP contribution in [0.4, 0.5) is 10.1 Å². The lowest BCUT2D eigenvalue weighted by Crippen LogP contribution is -2.35. The summed E-state index contributed by atoms with van der Waals surface area (Å²) in [6, 6.07) is 4.63. The van der Waals surface area contributed by atoms with Gasteiger partial charge in [-0.05, 0) is 12.1 Å². The SMILES string of the molecule is Nc1cccc(F)c1COC1COC1. The molecule has 1 aromatic rings. The molecule has 0 amide bonds. The first-order valence-electron chi connectivity index (χ1n) is 4.49. The Bertz CT molecular complexity index is 306. The minimum absolute atomic E-state index is 0.0917. The molecular formula is C10H12FNO2. The second-order valence-corrected chi connectivity index (χ2v) is 3.28. The molecule has 1 aliphatic rings. The van der Waals surface area contributed by atoms with Crippen LogP contribution in [0.2, 0.25) is 0 Å². The lowest BCUT2D eigenvalue weighted by atomic mass is 10.2. The molecule has 1 saturated heterocycles. The Balaban J connectivity index is 2.00. The van der Waals surface area contributed by atoms with Gasteiger partial charge in [-0.2, -0.15) is 0 Å². The number of benzene rings is 1. The molecule has 1 fully saturated rings. The number of halogens is 1. The van der Waals surface area contributed by atoms with Crippen LogP contribution in [0.3, 0.4) is 0 Å². The standard InChI is InChI=1S/C10H12FNO2/c11-9-2-1-3-10(12)8(9)6-14-7-4-13-5-7/h1-3,7H,4-6,12H2. The summed E-state index contributed by atoms with van der Waals surface area (Å²) >= 11 is 0. The Hall–Kier alpha value is -1.13. The topological polar surface area (TPSA) is 44.5 Å². The van der Waals surface area contributed by atoms with Crippen molar-refractivity contribution in [3.63, 3.8) is 0 Å². The summed E-state index contributed by atoms with van der Waals surface area (Å²) in [6.07, 6.45) is 0.0917. The van der Waals surface area contributed by atoms with Crippen molar-refractivity contribution in [3.05, 3.63) is 29.6 Å². The van der Waals surface area contributed by atoms with Crippen molar-refractivity contribution in [2.24, 2.45) is 0 Å². The second-order valence-electron chi connectivity index (χ2n) is 3.28. The summed E-state index contributed by atoms with van der Waals surface area (Å²) in [4.78, 5) is 0. The molecule has 0 aliphatic carbocycles. The predicted molar refractivity (Wildman–Crippen MR) is 50.2 cm³/mol. The van der Waals surface area contributed by atoms with Gasteiger partial charge in [-0.25, -0.2) is 4.39 Å². The van der Waals surface area contributed by atoms with E-state index in [1.807, 2.05) is 0 Å². The third-order valence-corrected chi connectivity index (χ3v) is 2.23. The Morgan fingerprint density at radius 2 is 2.29 bits per heavy atom. The lowest BCUT2D eigenvalue weighted by molar-refractivity contribution is -0.135. The molecule has 0 bridgehead atoms. The van der Waals surface area contributed by atoms with E-state index < -0.39 is 0 Å². The number of ether oxygens (including phenoxy) is 2. The first-order valence-corrected chi connectivity index (χ1v) is 4.49. The molecule has 76 valence electrons. The fraction of sp³-hybridized carbons (Fsp3) is 0.400. The van der Waals surface area contributed by atoms with Gasteiger partial charge in [0.25, 0.3) is 0 Å². The van der Waals surface area contributed by atoms with Crippen molar-refractivity contribution < 1.29 is 13.9 Å². The molecule has 1 aromatic carbocycles.